The molecule has 1 aromatic carbocycles. The predicted octanol–water partition coefficient (Wildman–Crippen LogP) is 3.69. The standard InChI is InChI=1S/C19H27F3N4O2.HI/c20-19(21,22)28-16-8-6-15(7-9-16)13-26-18(23)25-11-10-24-17(27)12-14-4-2-1-3-5-14;/h6-9,14H,1-5,10-13H2,(H,24,27)(H3,23,25,26);1H. The molecule has 4 N–H and O–H groups in total. The number of guanidine groups is 1. The Bertz CT molecular complexity index is 648. The third-order valence-corrected chi connectivity index (χ3v) is 4.54. The van der Waals surface area contributed by atoms with Crippen molar-refractivity contribution < 1.29 is 22.7 Å². The van der Waals surface area contributed by atoms with Crippen molar-refractivity contribution in [2.75, 3.05) is 13.1 Å². The zero-order valence-electron chi connectivity index (χ0n) is 16.1. The predicted molar refractivity (Wildman–Crippen MR) is 116 cm³/mol. The van der Waals surface area contributed by atoms with Crippen LogP contribution in [0.1, 0.15) is 44.1 Å². The van der Waals surface area contributed by atoms with Crippen LogP contribution in [-0.4, -0.2) is 31.3 Å². The summed E-state index contributed by atoms with van der Waals surface area (Å²) in [5.74, 6) is 0.485. The summed E-state index contributed by atoms with van der Waals surface area (Å²) in [7, 11) is 0. The van der Waals surface area contributed by atoms with Gasteiger partial charge in [0.25, 0.3) is 0 Å². The van der Waals surface area contributed by atoms with Gasteiger partial charge in [0.15, 0.2) is 5.96 Å². The van der Waals surface area contributed by atoms with Gasteiger partial charge in [-0.25, -0.2) is 4.99 Å². The molecule has 1 aliphatic rings. The molecule has 0 aliphatic heterocycles. The first-order valence-electron chi connectivity index (χ1n) is 9.47. The third-order valence-electron chi connectivity index (χ3n) is 4.54. The van der Waals surface area contributed by atoms with E-state index in [1.54, 1.807) is 0 Å². The molecule has 1 saturated carbocycles. The molecule has 1 aromatic rings. The number of amides is 1. The first kappa shape index (κ1) is 25.3. The number of aliphatic imine (C=N–C) groups is 1. The fraction of sp³-hybridized carbons (Fsp3) is 0.579. The van der Waals surface area contributed by atoms with Gasteiger partial charge in [-0.15, -0.1) is 37.1 Å². The highest BCUT2D eigenvalue weighted by molar-refractivity contribution is 14.0. The minimum absolute atomic E-state index is 0. The van der Waals surface area contributed by atoms with Crippen molar-refractivity contribution in [3.05, 3.63) is 29.8 Å². The monoisotopic (exact) mass is 528 g/mol. The lowest BCUT2D eigenvalue weighted by Crippen LogP contribution is -2.38. The Morgan fingerprint density at radius 2 is 1.72 bits per heavy atom. The topological polar surface area (TPSA) is 88.7 Å². The van der Waals surface area contributed by atoms with Gasteiger partial charge in [0, 0.05) is 19.5 Å². The Morgan fingerprint density at radius 1 is 1.10 bits per heavy atom. The molecule has 0 heterocycles. The first-order chi connectivity index (χ1) is 13.3. The van der Waals surface area contributed by atoms with Crippen LogP contribution in [0.3, 0.4) is 0 Å². The Kier molecular flexibility index (Phi) is 11.1. The summed E-state index contributed by atoms with van der Waals surface area (Å²) in [6.45, 7) is 1.12. The lowest BCUT2D eigenvalue weighted by atomic mass is 9.87. The Balaban J connectivity index is 0.00000420. The number of rotatable bonds is 8. The highest BCUT2D eigenvalue weighted by Gasteiger charge is 2.30. The number of nitrogens with two attached hydrogens (primary N) is 1. The lowest BCUT2D eigenvalue weighted by molar-refractivity contribution is -0.274. The third kappa shape index (κ3) is 11.1. The summed E-state index contributed by atoms with van der Waals surface area (Å²) in [6, 6.07) is 5.43. The van der Waals surface area contributed by atoms with E-state index in [0.29, 0.717) is 31.0 Å². The van der Waals surface area contributed by atoms with Crippen LogP contribution < -0.4 is 21.1 Å². The van der Waals surface area contributed by atoms with Crippen LogP contribution in [0, 0.1) is 5.92 Å². The van der Waals surface area contributed by atoms with Crippen molar-refractivity contribution in [1.29, 1.82) is 0 Å². The van der Waals surface area contributed by atoms with E-state index in [9.17, 15) is 18.0 Å². The second-order valence-corrected chi connectivity index (χ2v) is 6.88. The molecule has 0 atom stereocenters. The molecule has 1 aliphatic carbocycles. The van der Waals surface area contributed by atoms with Crippen LogP contribution >= 0.6 is 24.0 Å². The van der Waals surface area contributed by atoms with Gasteiger partial charge in [-0.05, 0) is 36.5 Å². The van der Waals surface area contributed by atoms with Gasteiger partial charge in [0.2, 0.25) is 5.91 Å². The summed E-state index contributed by atoms with van der Waals surface area (Å²) in [6.07, 6.45) is 1.84. The van der Waals surface area contributed by atoms with Crippen molar-refractivity contribution in [3.8, 4) is 5.75 Å². The van der Waals surface area contributed by atoms with Gasteiger partial charge in [0.05, 0.1) is 6.54 Å². The van der Waals surface area contributed by atoms with E-state index in [2.05, 4.69) is 20.4 Å². The van der Waals surface area contributed by atoms with Crippen LogP contribution in [0.2, 0.25) is 0 Å². The number of carbonyl (C=O) groups is 1. The minimum atomic E-state index is -4.71. The van der Waals surface area contributed by atoms with Gasteiger partial charge in [-0.2, -0.15) is 0 Å². The van der Waals surface area contributed by atoms with Crippen LogP contribution in [0.5, 0.6) is 5.75 Å². The van der Waals surface area contributed by atoms with Gasteiger partial charge in [-0.3, -0.25) is 4.79 Å². The fourth-order valence-corrected chi connectivity index (χ4v) is 3.15. The van der Waals surface area contributed by atoms with E-state index < -0.39 is 6.36 Å². The zero-order chi connectivity index (χ0) is 20.4. The molecule has 164 valence electrons. The number of ether oxygens (including phenoxy) is 1. The molecule has 1 amide bonds. The second kappa shape index (κ2) is 12.8. The van der Waals surface area contributed by atoms with Crippen molar-refractivity contribution in [3.63, 3.8) is 0 Å². The van der Waals surface area contributed by atoms with Crippen molar-refractivity contribution in [1.82, 2.24) is 10.6 Å². The van der Waals surface area contributed by atoms with Gasteiger partial charge < -0.3 is 21.1 Å². The van der Waals surface area contributed by atoms with Gasteiger partial charge in [0.1, 0.15) is 5.75 Å². The molecule has 0 unspecified atom stereocenters. The number of hydrogen-bond acceptors (Lipinski definition) is 3. The Labute approximate surface area is 185 Å². The number of nitrogens with zero attached hydrogens (tertiary/aromatic N) is 1. The SMILES string of the molecule is I.NC(=NCc1ccc(OC(F)(F)F)cc1)NCCNC(=O)CC1CCCCC1. The molecule has 2 rings (SSSR count). The summed E-state index contributed by atoms with van der Waals surface area (Å²) >= 11 is 0. The Morgan fingerprint density at radius 3 is 2.34 bits per heavy atom. The molecular weight excluding hydrogens is 500 g/mol. The van der Waals surface area contributed by atoms with Crippen molar-refractivity contribution >= 4 is 35.8 Å². The number of carbonyl (C=O) groups excluding carboxylic acids is 1. The highest BCUT2D eigenvalue weighted by atomic mass is 127. The number of halogens is 4. The van der Waals surface area contributed by atoms with Gasteiger partial charge in [-0.1, -0.05) is 31.4 Å². The van der Waals surface area contributed by atoms with E-state index in [0.717, 1.165) is 12.8 Å². The maximum Gasteiger partial charge on any atom is 0.573 e. The van der Waals surface area contributed by atoms with E-state index in [4.69, 9.17) is 5.73 Å². The van der Waals surface area contributed by atoms with Crippen LogP contribution in [0.15, 0.2) is 29.3 Å². The molecule has 0 radical (unpaired) electrons. The molecule has 0 bridgehead atoms. The molecule has 10 heteroatoms. The largest absolute Gasteiger partial charge is 0.573 e. The van der Waals surface area contributed by atoms with Crippen LogP contribution in [-0.2, 0) is 11.3 Å². The number of alkyl halides is 3. The van der Waals surface area contributed by atoms with Gasteiger partial charge >= 0.3 is 6.36 Å². The van der Waals surface area contributed by atoms with E-state index in [1.165, 1.54) is 43.5 Å². The van der Waals surface area contributed by atoms with E-state index in [-0.39, 0.29) is 48.1 Å². The van der Waals surface area contributed by atoms with Crippen LogP contribution in [0.25, 0.3) is 0 Å². The first-order valence-corrected chi connectivity index (χ1v) is 9.47. The summed E-state index contributed by atoms with van der Waals surface area (Å²) < 4.78 is 40.2. The molecule has 0 saturated heterocycles. The molecule has 0 aromatic heterocycles. The number of benzene rings is 1. The maximum atomic E-state index is 12.1. The van der Waals surface area contributed by atoms with Crippen LogP contribution in [0.4, 0.5) is 13.2 Å². The average Bonchev–Trinajstić information content (AvgIpc) is 2.64. The van der Waals surface area contributed by atoms with E-state index in [1.807, 2.05) is 0 Å². The fourth-order valence-electron chi connectivity index (χ4n) is 3.15. The zero-order valence-corrected chi connectivity index (χ0v) is 18.5. The summed E-state index contributed by atoms with van der Waals surface area (Å²) in [5, 5.41) is 5.76. The summed E-state index contributed by atoms with van der Waals surface area (Å²) in [4.78, 5) is 16.0. The lowest BCUT2D eigenvalue weighted by Gasteiger charge is -2.20. The molecule has 1 fully saturated rings. The smallest absolute Gasteiger partial charge is 0.406 e. The molecule has 29 heavy (non-hydrogen) atoms. The highest BCUT2D eigenvalue weighted by Crippen LogP contribution is 2.26. The van der Waals surface area contributed by atoms with Crippen molar-refractivity contribution in [2.24, 2.45) is 16.6 Å². The minimum Gasteiger partial charge on any atom is -0.406 e. The van der Waals surface area contributed by atoms with Crippen molar-refractivity contribution in [2.45, 2.75) is 51.4 Å². The van der Waals surface area contributed by atoms with E-state index >= 15 is 0 Å². The number of hydrogen-bond donors (Lipinski definition) is 3. The summed E-state index contributed by atoms with van der Waals surface area (Å²) in [5.41, 5.74) is 6.45. The Hall–Kier alpha value is -1.72. The normalized spacial score (nSPS) is 15.3. The molecule has 6 nitrogen and oxygen atoms in total. The maximum absolute atomic E-state index is 12.1. The quantitative estimate of drug-likeness (QED) is 0.208. The molecule has 0 spiro atoms. The second-order valence-electron chi connectivity index (χ2n) is 6.88. The molecular formula is C19H28F3IN4O2. The average molecular weight is 528 g/mol. The number of nitrogens with one attached hydrogen (secondary N) is 2.